The molecule has 17 heavy (non-hydrogen) atoms. The van der Waals surface area contributed by atoms with Gasteiger partial charge in [-0.15, -0.1) is 0 Å². The van der Waals surface area contributed by atoms with Crippen molar-refractivity contribution < 1.29 is 0 Å². The van der Waals surface area contributed by atoms with Crippen molar-refractivity contribution in [3.05, 3.63) is 22.8 Å². The lowest BCUT2D eigenvalue weighted by molar-refractivity contribution is 0.274. The number of aromatic nitrogens is 1. The van der Waals surface area contributed by atoms with Crippen molar-refractivity contribution >= 4 is 17.4 Å². The second kappa shape index (κ2) is 5.21. The summed E-state index contributed by atoms with van der Waals surface area (Å²) in [6.07, 6.45) is 1.81. The zero-order valence-corrected chi connectivity index (χ0v) is 11.1. The van der Waals surface area contributed by atoms with Gasteiger partial charge in [-0.3, -0.25) is 0 Å². The molecule has 0 amide bonds. The summed E-state index contributed by atoms with van der Waals surface area (Å²) in [5.74, 6) is 0.879. The number of hydrogen-bond acceptors (Lipinski definition) is 4. The van der Waals surface area contributed by atoms with Gasteiger partial charge in [0.1, 0.15) is 5.82 Å². The summed E-state index contributed by atoms with van der Waals surface area (Å²) in [5.41, 5.74) is 6.55. The van der Waals surface area contributed by atoms with Gasteiger partial charge in [0.25, 0.3) is 0 Å². The Kier molecular flexibility index (Phi) is 3.86. The van der Waals surface area contributed by atoms with Gasteiger partial charge in [0.15, 0.2) is 0 Å². The first kappa shape index (κ1) is 12.6. The molecule has 1 aliphatic heterocycles. The van der Waals surface area contributed by atoms with Crippen molar-refractivity contribution in [2.75, 3.05) is 31.6 Å². The summed E-state index contributed by atoms with van der Waals surface area (Å²) >= 11 is 6.27. The van der Waals surface area contributed by atoms with E-state index in [0.29, 0.717) is 17.6 Å². The van der Waals surface area contributed by atoms with Crippen LogP contribution in [0.5, 0.6) is 0 Å². The molecule has 0 bridgehead atoms. The van der Waals surface area contributed by atoms with Crippen LogP contribution < -0.4 is 10.6 Å². The number of halogens is 1. The Balaban J connectivity index is 2.22. The van der Waals surface area contributed by atoms with Gasteiger partial charge in [0.2, 0.25) is 0 Å². The number of hydrogen-bond donors (Lipinski definition) is 1. The van der Waals surface area contributed by atoms with Crippen LogP contribution in [0.2, 0.25) is 5.02 Å². The van der Waals surface area contributed by atoms with Crippen LogP contribution >= 0.6 is 11.6 Å². The minimum absolute atomic E-state index is 0.433. The normalized spacial score (nSPS) is 21.9. The van der Waals surface area contributed by atoms with E-state index < -0.39 is 0 Å². The molecule has 1 unspecified atom stereocenters. The van der Waals surface area contributed by atoms with Gasteiger partial charge in [-0.1, -0.05) is 11.6 Å². The number of nitrogens with zero attached hydrogens (tertiary/aromatic N) is 3. The van der Waals surface area contributed by atoms with Gasteiger partial charge < -0.3 is 15.5 Å². The maximum Gasteiger partial charge on any atom is 0.147 e. The number of nitrogens with two attached hydrogens (primary N) is 1. The average Bonchev–Trinajstić information content (AvgIpc) is 2.30. The molecule has 2 N–H and O–H groups in total. The maximum absolute atomic E-state index is 6.27. The Morgan fingerprint density at radius 1 is 1.53 bits per heavy atom. The van der Waals surface area contributed by atoms with E-state index in [1.165, 1.54) is 0 Å². The van der Waals surface area contributed by atoms with Crippen molar-refractivity contribution in [2.24, 2.45) is 5.73 Å². The Hall–Kier alpha value is -0.840. The van der Waals surface area contributed by atoms with Gasteiger partial charge in [-0.05, 0) is 25.6 Å². The minimum Gasteiger partial charge on any atom is -0.350 e. The van der Waals surface area contributed by atoms with Crippen LogP contribution in [0, 0.1) is 0 Å². The van der Waals surface area contributed by atoms with E-state index in [0.717, 1.165) is 31.0 Å². The van der Waals surface area contributed by atoms with Crippen molar-refractivity contribution in [3.8, 4) is 0 Å². The predicted octanol–water partition coefficient (Wildman–Crippen LogP) is 1.33. The van der Waals surface area contributed by atoms with E-state index in [1.807, 2.05) is 12.3 Å². The fourth-order valence-corrected chi connectivity index (χ4v) is 2.55. The van der Waals surface area contributed by atoms with Gasteiger partial charge in [0.05, 0.1) is 5.02 Å². The Bertz CT molecular complexity index is 396. The highest BCUT2D eigenvalue weighted by Gasteiger charge is 2.24. The highest BCUT2D eigenvalue weighted by Crippen LogP contribution is 2.27. The number of rotatable bonds is 2. The molecule has 0 saturated carbocycles. The minimum atomic E-state index is 0.433. The smallest absolute Gasteiger partial charge is 0.147 e. The number of likely N-dealkylation sites (N-methyl/N-ethyl adjacent to an activating group) is 1. The van der Waals surface area contributed by atoms with Crippen LogP contribution in [0.3, 0.4) is 0 Å². The zero-order valence-electron chi connectivity index (χ0n) is 10.4. The largest absolute Gasteiger partial charge is 0.350 e. The molecule has 1 aromatic rings. The van der Waals surface area contributed by atoms with E-state index in [1.54, 1.807) is 0 Å². The van der Waals surface area contributed by atoms with E-state index in [-0.39, 0.29) is 0 Å². The SMILES string of the molecule is CC1CN(C)CCN1c1ncc(CN)cc1Cl. The zero-order chi connectivity index (χ0) is 12.4. The summed E-state index contributed by atoms with van der Waals surface area (Å²) in [5, 5.41) is 0.698. The molecule has 1 fully saturated rings. The number of pyridine rings is 1. The molecule has 0 aromatic carbocycles. The molecule has 2 heterocycles. The molecule has 0 spiro atoms. The van der Waals surface area contributed by atoms with Crippen LogP contribution in [-0.4, -0.2) is 42.6 Å². The van der Waals surface area contributed by atoms with E-state index in [4.69, 9.17) is 17.3 Å². The molecular formula is C12H19ClN4. The lowest BCUT2D eigenvalue weighted by Crippen LogP contribution is -2.50. The Labute approximate surface area is 107 Å². The first-order chi connectivity index (χ1) is 8.11. The van der Waals surface area contributed by atoms with Gasteiger partial charge in [-0.25, -0.2) is 4.98 Å². The van der Waals surface area contributed by atoms with Gasteiger partial charge in [0, 0.05) is 38.4 Å². The van der Waals surface area contributed by atoms with Crippen LogP contribution in [0.1, 0.15) is 12.5 Å². The fourth-order valence-electron chi connectivity index (χ4n) is 2.25. The monoisotopic (exact) mass is 254 g/mol. The first-order valence-electron chi connectivity index (χ1n) is 5.91. The van der Waals surface area contributed by atoms with Crippen molar-refractivity contribution in [2.45, 2.75) is 19.5 Å². The Morgan fingerprint density at radius 2 is 2.29 bits per heavy atom. The van der Waals surface area contributed by atoms with Crippen molar-refractivity contribution in [3.63, 3.8) is 0 Å². The molecule has 1 aliphatic rings. The second-order valence-electron chi connectivity index (χ2n) is 4.66. The fraction of sp³-hybridized carbons (Fsp3) is 0.583. The molecular weight excluding hydrogens is 236 g/mol. The lowest BCUT2D eigenvalue weighted by atomic mass is 10.2. The molecule has 2 rings (SSSR count). The summed E-state index contributed by atoms with van der Waals surface area (Å²) in [4.78, 5) is 9.03. The molecule has 1 aromatic heterocycles. The van der Waals surface area contributed by atoms with Crippen LogP contribution in [-0.2, 0) is 6.54 Å². The van der Waals surface area contributed by atoms with Crippen LogP contribution in [0.4, 0.5) is 5.82 Å². The number of anilines is 1. The molecule has 0 aliphatic carbocycles. The second-order valence-corrected chi connectivity index (χ2v) is 5.06. The van der Waals surface area contributed by atoms with E-state index >= 15 is 0 Å². The quantitative estimate of drug-likeness (QED) is 0.865. The first-order valence-corrected chi connectivity index (χ1v) is 6.29. The average molecular weight is 255 g/mol. The predicted molar refractivity (Wildman–Crippen MR) is 71.4 cm³/mol. The van der Waals surface area contributed by atoms with Gasteiger partial charge in [-0.2, -0.15) is 0 Å². The van der Waals surface area contributed by atoms with E-state index in [2.05, 4.69) is 28.8 Å². The molecule has 1 atom stereocenters. The molecule has 5 heteroatoms. The third kappa shape index (κ3) is 2.70. The summed E-state index contributed by atoms with van der Waals surface area (Å²) < 4.78 is 0. The summed E-state index contributed by atoms with van der Waals surface area (Å²) in [6.45, 7) is 5.72. The summed E-state index contributed by atoms with van der Waals surface area (Å²) in [7, 11) is 2.14. The maximum atomic E-state index is 6.27. The highest BCUT2D eigenvalue weighted by atomic mass is 35.5. The van der Waals surface area contributed by atoms with Crippen molar-refractivity contribution in [1.82, 2.24) is 9.88 Å². The molecule has 0 radical (unpaired) electrons. The third-order valence-electron chi connectivity index (χ3n) is 3.22. The molecule has 1 saturated heterocycles. The summed E-state index contributed by atoms with van der Waals surface area (Å²) in [6, 6.07) is 2.34. The van der Waals surface area contributed by atoms with Crippen molar-refractivity contribution in [1.29, 1.82) is 0 Å². The topological polar surface area (TPSA) is 45.4 Å². The standard InChI is InChI=1S/C12H19ClN4/c1-9-8-16(2)3-4-17(9)12-11(13)5-10(6-14)7-15-12/h5,7,9H,3-4,6,8,14H2,1-2H3. The van der Waals surface area contributed by atoms with E-state index in [9.17, 15) is 0 Å². The lowest BCUT2D eigenvalue weighted by Gasteiger charge is -2.39. The van der Waals surface area contributed by atoms with Gasteiger partial charge >= 0.3 is 0 Å². The number of piperazine rings is 1. The van der Waals surface area contributed by atoms with Crippen LogP contribution in [0.25, 0.3) is 0 Å². The molecule has 94 valence electrons. The third-order valence-corrected chi connectivity index (χ3v) is 3.49. The Morgan fingerprint density at radius 3 is 2.88 bits per heavy atom. The molecule has 4 nitrogen and oxygen atoms in total. The van der Waals surface area contributed by atoms with Crippen LogP contribution in [0.15, 0.2) is 12.3 Å². The highest BCUT2D eigenvalue weighted by molar-refractivity contribution is 6.33.